The maximum Gasteiger partial charge on any atom is 0.227 e. The van der Waals surface area contributed by atoms with Gasteiger partial charge in [0.05, 0.1) is 0 Å². The van der Waals surface area contributed by atoms with Crippen LogP contribution in [0.25, 0.3) is 11.2 Å². The third-order valence-corrected chi connectivity index (χ3v) is 6.60. The molecule has 0 radical (unpaired) electrons. The lowest BCUT2D eigenvalue weighted by Gasteiger charge is -2.32. The highest BCUT2D eigenvalue weighted by Gasteiger charge is 2.28. The Morgan fingerprint density at radius 3 is 2.53 bits per heavy atom. The standard InChI is InChI=1S/C24H28N6O2/c1-16(31)17-6-8-19(9-7-17)27-24(32)18-10-13-29(14-11-18)22-21-23(26-15-25-22)30-12-4-2-3-5-20(30)28-21/h6-9,15,18H,2-5,10-14H2,1H3,(H,27,32). The van der Waals surface area contributed by atoms with E-state index in [0.717, 1.165) is 73.8 Å². The third kappa shape index (κ3) is 3.97. The van der Waals surface area contributed by atoms with Crippen LogP contribution in [0.5, 0.6) is 0 Å². The number of piperidine rings is 1. The van der Waals surface area contributed by atoms with E-state index in [-0.39, 0.29) is 17.6 Å². The Morgan fingerprint density at radius 2 is 1.78 bits per heavy atom. The molecule has 32 heavy (non-hydrogen) atoms. The first-order chi connectivity index (χ1) is 15.6. The van der Waals surface area contributed by atoms with Gasteiger partial charge in [-0.05, 0) is 56.9 Å². The van der Waals surface area contributed by atoms with E-state index in [1.165, 1.54) is 19.8 Å². The van der Waals surface area contributed by atoms with Crippen LogP contribution in [0.15, 0.2) is 30.6 Å². The summed E-state index contributed by atoms with van der Waals surface area (Å²) < 4.78 is 2.26. The first kappa shape index (κ1) is 20.6. The van der Waals surface area contributed by atoms with Gasteiger partial charge in [-0.25, -0.2) is 15.0 Å². The molecule has 0 saturated carbocycles. The molecule has 0 atom stereocenters. The molecule has 2 aromatic heterocycles. The number of aromatic nitrogens is 4. The largest absolute Gasteiger partial charge is 0.355 e. The van der Waals surface area contributed by atoms with E-state index in [2.05, 4.69) is 24.8 Å². The lowest BCUT2D eigenvalue weighted by Crippen LogP contribution is -2.38. The summed E-state index contributed by atoms with van der Waals surface area (Å²) in [4.78, 5) is 40.4. The van der Waals surface area contributed by atoms with E-state index in [4.69, 9.17) is 4.98 Å². The van der Waals surface area contributed by atoms with E-state index >= 15 is 0 Å². The topological polar surface area (TPSA) is 93.0 Å². The molecule has 0 aliphatic carbocycles. The number of fused-ring (bicyclic) bond motifs is 3. The van der Waals surface area contributed by atoms with Crippen LogP contribution in [-0.2, 0) is 17.8 Å². The Bertz CT molecular complexity index is 1150. The van der Waals surface area contributed by atoms with E-state index < -0.39 is 0 Å². The van der Waals surface area contributed by atoms with Crippen LogP contribution in [-0.4, -0.2) is 44.3 Å². The van der Waals surface area contributed by atoms with Gasteiger partial charge in [0.15, 0.2) is 22.8 Å². The van der Waals surface area contributed by atoms with Gasteiger partial charge in [-0.15, -0.1) is 0 Å². The molecule has 1 aromatic carbocycles. The van der Waals surface area contributed by atoms with Crippen LogP contribution in [0, 0.1) is 5.92 Å². The van der Waals surface area contributed by atoms with Gasteiger partial charge in [0, 0.05) is 43.2 Å². The van der Waals surface area contributed by atoms with Gasteiger partial charge in [0.25, 0.3) is 0 Å². The first-order valence-electron chi connectivity index (χ1n) is 11.5. The lowest BCUT2D eigenvalue weighted by atomic mass is 9.95. The van der Waals surface area contributed by atoms with Crippen molar-refractivity contribution in [2.45, 2.75) is 52.0 Å². The number of aryl methyl sites for hydroxylation is 2. The molecule has 1 fully saturated rings. The van der Waals surface area contributed by atoms with Gasteiger partial charge >= 0.3 is 0 Å². The van der Waals surface area contributed by atoms with Gasteiger partial charge in [-0.3, -0.25) is 9.59 Å². The summed E-state index contributed by atoms with van der Waals surface area (Å²) >= 11 is 0. The Labute approximate surface area is 187 Å². The molecule has 166 valence electrons. The number of rotatable bonds is 4. The molecular weight excluding hydrogens is 404 g/mol. The quantitative estimate of drug-likeness (QED) is 0.633. The van der Waals surface area contributed by atoms with Crippen molar-refractivity contribution >= 4 is 34.4 Å². The maximum atomic E-state index is 12.8. The minimum Gasteiger partial charge on any atom is -0.355 e. The second-order valence-electron chi connectivity index (χ2n) is 8.74. The number of imidazole rings is 1. The van der Waals surface area contributed by atoms with E-state index in [1.54, 1.807) is 30.6 Å². The van der Waals surface area contributed by atoms with Gasteiger partial charge in [0.2, 0.25) is 5.91 Å². The Hall–Kier alpha value is -3.29. The fraction of sp³-hybridized carbons (Fsp3) is 0.458. The second kappa shape index (κ2) is 8.68. The van der Waals surface area contributed by atoms with Crippen molar-refractivity contribution in [1.29, 1.82) is 0 Å². The molecule has 4 heterocycles. The highest BCUT2D eigenvalue weighted by Crippen LogP contribution is 2.29. The molecule has 8 heteroatoms. The molecule has 0 bridgehead atoms. The predicted molar refractivity (Wildman–Crippen MR) is 123 cm³/mol. The molecule has 8 nitrogen and oxygen atoms in total. The minimum atomic E-state index is -0.0465. The molecule has 0 unspecified atom stereocenters. The summed E-state index contributed by atoms with van der Waals surface area (Å²) in [6.07, 6.45) is 7.72. The monoisotopic (exact) mass is 432 g/mol. The lowest BCUT2D eigenvalue weighted by molar-refractivity contribution is -0.120. The number of anilines is 2. The van der Waals surface area contributed by atoms with E-state index in [1.807, 2.05) is 0 Å². The van der Waals surface area contributed by atoms with Crippen LogP contribution >= 0.6 is 0 Å². The zero-order valence-electron chi connectivity index (χ0n) is 18.4. The van der Waals surface area contributed by atoms with Crippen LogP contribution in [0.4, 0.5) is 11.5 Å². The van der Waals surface area contributed by atoms with Gasteiger partial charge in [0.1, 0.15) is 12.2 Å². The van der Waals surface area contributed by atoms with Crippen molar-refractivity contribution in [3.63, 3.8) is 0 Å². The fourth-order valence-corrected chi connectivity index (χ4v) is 4.74. The van der Waals surface area contributed by atoms with Crippen LogP contribution in [0.1, 0.15) is 55.2 Å². The third-order valence-electron chi connectivity index (χ3n) is 6.60. The highest BCUT2D eigenvalue weighted by atomic mass is 16.2. The van der Waals surface area contributed by atoms with Crippen molar-refractivity contribution in [1.82, 2.24) is 19.5 Å². The number of nitrogens with one attached hydrogen (secondary N) is 1. The number of benzene rings is 1. The Balaban J connectivity index is 1.26. The molecule has 1 saturated heterocycles. The Kier molecular flexibility index (Phi) is 5.59. The summed E-state index contributed by atoms with van der Waals surface area (Å²) in [7, 11) is 0. The number of ketones is 1. The number of carbonyl (C=O) groups excluding carboxylic acids is 2. The number of hydrogen-bond donors (Lipinski definition) is 1. The summed E-state index contributed by atoms with van der Waals surface area (Å²) in [5.41, 5.74) is 3.18. The predicted octanol–water partition coefficient (Wildman–Crippen LogP) is 3.61. The summed E-state index contributed by atoms with van der Waals surface area (Å²) in [6, 6.07) is 7.05. The molecule has 2 aliphatic rings. The molecule has 0 spiro atoms. The van der Waals surface area contributed by atoms with Crippen molar-refractivity contribution in [3.05, 3.63) is 42.0 Å². The first-order valence-corrected chi connectivity index (χ1v) is 11.5. The number of amides is 1. The average molecular weight is 433 g/mol. The van der Waals surface area contributed by atoms with Crippen molar-refractivity contribution < 1.29 is 9.59 Å². The smallest absolute Gasteiger partial charge is 0.227 e. The van der Waals surface area contributed by atoms with Gasteiger partial charge in [-0.1, -0.05) is 6.42 Å². The molecule has 3 aromatic rings. The second-order valence-corrected chi connectivity index (χ2v) is 8.74. The molecular formula is C24H28N6O2. The number of nitrogens with zero attached hydrogens (tertiary/aromatic N) is 5. The van der Waals surface area contributed by atoms with Crippen molar-refractivity contribution in [2.75, 3.05) is 23.3 Å². The van der Waals surface area contributed by atoms with E-state index in [9.17, 15) is 9.59 Å². The van der Waals surface area contributed by atoms with Gasteiger partial charge < -0.3 is 14.8 Å². The SMILES string of the molecule is CC(=O)c1ccc(NC(=O)C2CCN(c3ncnc4c3nc3n4CCCCC3)CC2)cc1. The zero-order valence-corrected chi connectivity index (χ0v) is 18.4. The zero-order chi connectivity index (χ0) is 22.1. The maximum absolute atomic E-state index is 12.8. The average Bonchev–Trinajstić information content (AvgIpc) is 3.00. The Morgan fingerprint density at radius 1 is 1.00 bits per heavy atom. The van der Waals surface area contributed by atoms with Crippen LogP contribution in [0.2, 0.25) is 0 Å². The number of Topliss-reactive ketones (excluding diaryl/α,β-unsaturated/α-hetero) is 1. The number of carbonyl (C=O) groups is 2. The van der Waals surface area contributed by atoms with Gasteiger partial charge in [-0.2, -0.15) is 0 Å². The van der Waals surface area contributed by atoms with Crippen molar-refractivity contribution in [3.8, 4) is 0 Å². The molecule has 1 N–H and O–H groups in total. The normalized spacial score (nSPS) is 17.1. The van der Waals surface area contributed by atoms with Crippen molar-refractivity contribution in [2.24, 2.45) is 5.92 Å². The fourth-order valence-electron chi connectivity index (χ4n) is 4.74. The summed E-state index contributed by atoms with van der Waals surface area (Å²) in [6.45, 7) is 4.02. The molecule has 2 aliphatic heterocycles. The molecule has 5 rings (SSSR count). The van der Waals surface area contributed by atoms with Crippen LogP contribution in [0.3, 0.4) is 0 Å². The minimum absolute atomic E-state index is 0.0168. The highest BCUT2D eigenvalue weighted by molar-refractivity contribution is 5.96. The summed E-state index contributed by atoms with van der Waals surface area (Å²) in [5.74, 6) is 2.00. The van der Waals surface area contributed by atoms with Crippen LogP contribution < -0.4 is 10.2 Å². The number of hydrogen-bond acceptors (Lipinski definition) is 6. The molecule has 1 amide bonds. The van der Waals surface area contributed by atoms with E-state index in [0.29, 0.717) is 5.56 Å². The summed E-state index contributed by atoms with van der Waals surface area (Å²) in [5, 5.41) is 2.99.